The molecule has 1 aromatic heterocycles. The minimum Gasteiger partial charge on any atom is -0.465 e. The van der Waals surface area contributed by atoms with Gasteiger partial charge in [-0.05, 0) is 23.6 Å². The predicted molar refractivity (Wildman–Crippen MR) is 66.6 cm³/mol. The number of rotatable bonds is 3. The van der Waals surface area contributed by atoms with E-state index in [1.54, 1.807) is 23.6 Å². The Labute approximate surface area is 103 Å². The molecular weight excluding hydrogens is 238 g/mol. The third-order valence-corrected chi connectivity index (χ3v) is 3.01. The fraction of sp³-hybridized carbons (Fsp3) is 0.0833. The van der Waals surface area contributed by atoms with Crippen molar-refractivity contribution in [2.24, 2.45) is 0 Å². The van der Waals surface area contributed by atoms with Crippen LogP contribution in [0.4, 0.5) is 5.69 Å². The molecule has 0 aliphatic carbocycles. The van der Waals surface area contributed by atoms with Crippen molar-refractivity contribution in [1.29, 1.82) is 0 Å². The standard InChI is InChI=1S/C12H11NO3S/c1-15-12(14)11-10(6-7-17-11)16-9-5-3-2-4-8(9)13/h2-7H,13H2,1H3. The maximum atomic E-state index is 11.4. The van der Waals surface area contributed by atoms with Crippen LogP contribution in [0.3, 0.4) is 0 Å². The molecule has 0 unspecified atom stereocenters. The zero-order chi connectivity index (χ0) is 12.3. The molecule has 1 aromatic carbocycles. The van der Waals surface area contributed by atoms with Gasteiger partial charge in [-0.2, -0.15) is 0 Å². The highest BCUT2D eigenvalue weighted by molar-refractivity contribution is 7.12. The van der Waals surface area contributed by atoms with Crippen molar-refractivity contribution >= 4 is 23.0 Å². The SMILES string of the molecule is COC(=O)c1sccc1Oc1ccccc1N. The highest BCUT2D eigenvalue weighted by Crippen LogP contribution is 2.32. The number of hydrogen-bond donors (Lipinski definition) is 1. The summed E-state index contributed by atoms with van der Waals surface area (Å²) in [4.78, 5) is 11.9. The van der Waals surface area contributed by atoms with Gasteiger partial charge >= 0.3 is 5.97 Å². The van der Waals surface area contributed by atoms with E-state index in [9.17, 15) is 4.79 Å². The van der Waals surface area contributed by atoms with Crippen LogP contribution >= 0.6 is 11.3 Å². The van der Waals surface area contributed by atoms with Gasteiger partial charge in [-0.25, -0.2) is 4.79 Å². The van der Waals surface area contributed by atoms with Gasteiger partial charge in [0.25, 0.3) is 0 Å². The fourth-order valence-corrected chi connectivity index (χ4v) is 2.04. The number of methoxy groups -OCH3 is 1. The van der Waals surface area contributed by atoms with Crippen molar-refractivity contribution in [2.75, 3.05) is 12.8 Å². The lowest BCUT2D eigenvalue weighted by Crippen LogP contribution is -2.00. The van der Waals surface area contributed by atoms with Gasteiger partial charge in [-0.3, -0.25) is 0 Å². The second-order valence-corrected chi connectivity index (χ2v) is 4.16. The van der Waals surface area contributed by atoms with Crippen LogP contribution in [-0.2, 0) is 4.74 Å². The third-order valence-electron chi connectivity index (χ3n) is 2.14. The molecule has 2 rings (SSSR count). The summed E-state index contributed by atoms with van der Waals surface area (Å²) in [5, 5.41) is 1.76. The monoisotopic (exact) mass is 249 g/mol. The van der Waals surface area contributed by atoms with Crippen molar-refractivity contribution in [1.82, 2.24) is 0 Å². The quantitative estimate of drug-likeness (QED) is 0.671. The summed E-state index contributed by atoms with van der Waals surface area (Å²) in [6.07, 6.45) is 0. The van der Waals surface area contributed by atoms with E-state index in [4.69, 9.17) is 10.5 Å². The average Bonchev–Trinajstić information content (AvgIpc) is 2.79. The van der Waals surface area contributed by atoms with E-state index in [0.717, 1.165) is 0 Å². The van der Waals surface area contributed by atoms with E-state index >= 15 is 0 Å². The number of anilines is 1. The first-order valence-electron chi connectivity index (χ1n) is 4.90. The number of carbonyl (C=O) groups excluding carboxylic acids is 1. The van der Waals surface area contributed by atoms with Crippen LogP contribution < -0.4 is 10.5 Å². The summed E-state index contributed by atoms with van der Waals surface area (Å²) in [6.45, 7) is 0. The van der Waals surface area contributed by atoms with Crippen molar-refractivity contribution in [2.45, 2.75) is 0 Å². The maximum Gasteiger partial charge on any atom is 0.351 e. The lowest BCUT2D eigenvalue weighted by atomic mass is 10.3. The molecule has 88 valence electrons. The number of carbonyl (C=O) groups is 1. The Hall–Kier alpha value is -2.01. The molecule has 17 heavy (non-hydrogen) atoms. The summed E-state index contributed by atoms with van der Waals surface area (Å²) in [7, 11) is 1.34. The second kappa shape index (κ2) is 4.88. The number of esters is 1. The molecule has 0 spiro atoms. The normalized spacial score (nSPS) is 9.94. The van der Waals surface area contributed by atoms with Crippen molar-refractivity contribution < 1.29 is 14.3 Å². The molecule has 0 saturated carbocycles. The Morgan fingerprint density at radius 2 is 2.00 bits per heavy atom. The Morgan fingerprint density at radius 1 is 1.24 bits per heavy atom. The van der Waals surface area contributed by atoms with Crippen LogP contribution in [0.25, 0.3) is 0 Å². The first-order chi connectivity index (χ1) is 8.22. The minimum absolute atomic E-state index is 0.412. The molecule has 0 atom stereocenters. The van der Waals surface area contributed by atoms with Crippen molar-refractivity contribution in [3.8, 4) is 11.5 Å². The summed E-state index contributed by atoms with van der Waals surface area (Å²) in [6, 6.07) is 8.82. The first kappa shape index (κ1) is 11.5. The lowest BCUT2D eigenvalue weighted by Gasteiger charge is -2.07. The van der Waals surface area contributed by atoms with Gasteiger partial charge in [0.05, 0.1) is 12.8 Å². The molecule has 4 nitrogen and oxygen atoms in total. The Bertz CT molecular complexity index is 536. The minimum atomic E-state index is -0.412. The highest BCUT2D eigenvalue weighted by Gasteiger charge is 2.15. The summed E-state index contributed by atoms with van der Waals surface area (Å²) in [5.41, 5.74) is 6.28. The van der Waals surface area contributed by atoms with E-state index in [1.807, 2.05) is 12.1 Å². The van der Waals surface area contributed by atoms with E-state index in [0.29, 0.717) is 22.1 Å². The predicted octanol–water partition coefficient (Wildman–Crippen LogP) is 2.91. The van der Waals surface area contributed by atoms with E-state index in [1.165, 1.54) is 18.4 Å². The summed E-state index contributed by atoms with van der Waals surface area (Å²) in [5.74, 6) is 0.570. The van der Waals surface area contributed by atoms with Gasteiger partial charge in [-0.15, -0.1) is 11.3 Å². The molecule has 0 aliphatic rings. The topological polar surface area (TPSA) is 61.5 Å². The van der Waals surface area contributed by atoms with Crippen molar-refractivity contribution in [3.63, 3.8) is 0 Å². The van der Waals surface area contributed by atoms with Crippen LogP contribution in [0.2, 0.25) is 0 Å². The number of para-hydroxylation sites is 2. The molecule has 0 bridgehead atoms. The number of nitrogen functional groups attached to an aromatic ring is 1. The van der Waals surface area contributed by atoms with Gasteiger partial charge < -0.3 is 15.2 Å². The fourth-order valence-electron chi connectivity index (χ4n) is 1.31. The molecule has 0 aliphatic heterocycles. The average molecular weight is 249 g/mol. The molecule has 5 heteroatoms. The largest absolute Gasteiger partial charge is 0.465 e. The van der Waals surface area contributed by atoms with Crippen LogP contribution in [0.15, 0.2) is 35.7 Å². The lowest BCUT2D eigenvalue weighted by molar-refractivity contribution is 0.0604. The van der Waals surface area contributed by atoms with Crippen LogP contribution in [0.1, 0.15) is 9.67 Å². The number of ether oxygens (including phenoxy) is 2. The van der Waals surface area contributed by atoms with Gasteiger partial charge in [0.15, 0.2) is 10.6 Å². The molecule has 0 fully saturated rings. The van der Waals surface area contributed by atoms with Gasteiger partial charge in [0.1, 0.15) is 5.75 Å². The van der Waals surface area contributed by atoms with Crippen LogP contribution in [0, 0.1) is 0 Å². The van der Waals surface area contributed by atoms with E-state index in [-0.39, 0.29) is 0 Å². The molecular formula is C12H11NO3S. The number of hydrogen-bond acceptors (Lipinski definition) is 5. The smallest absolute Gasteiger partial charge is 0.351 e. The molecule has 0 amide bonds. The zero-order valence-corrected chi connectivity index (χ0v) is 9.99. The Balaban J connectivity index is 2.28. The maximum absolute atomic E-state index is 11.4. The molecule has 0 saturated heterocycles. The number of thiophene rings is 1. The Kier molecular flexibility index (Phi) is 3.30. The first-order valence-corrected chi connectivity index (χ1v) is 5.78. The third kappa shape index (κ3) is 2.39. The summed E-state index contributed by atoms with van der Waals surface area (Å²) < 4.78 is 10.3. The van der Waals surface area contributed by atoms with E-state index in [2.05, 4.69) is 4.74 Å². The van der Waals surface area contributed by atoms with Crippen LogP contribution in [0.5, 0.6) is 11.5 Å². The second-order valence-electron chi connectivity index (χ2n) is 3.25. The van der Waals surface area contributed by atoms with Gasteiger partial charge in [0.2, 0.25) is 0 Å². The molecule has 2 N–H and O–H groups in total. The van der Waals surface area contributed by atoms with E-state index < -0.39 is 5.97 Å². The number of benzene rings is 1. The van der Waals surface area contributed by atoms with Gasteiger partial charge in [-0.1, -0.05) is 12.1 Å². The Morgan fingerprint density at radius 3 is 2.71 bits per heavy atom. The summed E-state index contributed by atoms with van der Waals surface area (Å²) >= 11 is 1.27. The van der Waals surface area contributed by atoms with Gasteiger partial charge in [0, 0.05) is 0 Å². The zero-order valence-electron chi connectivity index (χ0n) is 9.17. The molecule has 0 radical (unpaired) electrons. The van der Waals surface area contributed by atoms with Crippen molar-refractivity contribution in [3.05, 3.63) is 40.6 Å². The van der Waals surface area contributed by atoms with Crippen LogP contribution in [-0.4, -0.2) is 13.1 Å². The molecule has 1 heterocycles. The highest BCUT2D eigenvalue weighted by atomic mass is 32.1. The molecule has 2 aromatic rings. The number of nitrogens with two attached hydrogens (primary N) is 1.